The molecular formula is C27H29N3O3. The first kappa shape index (κ1) is 20.6. The number of benzene rings is 1. The van der Waals surface area contributed by atoms with Crippen molar-refractivity contribution in [2.24, 2.45) is 35.5 Å². The van der Waals surface area contributed by atoms with E-state index in [1.165, 1.54) is 0 Å². The first-order valence-electron chi connectivity index (χ1n) is 12.2. The van der Waals surface area contributed by atoms with Crippen LogP contribution in [0.2, 0.25) is 0 Å². The molecule has 6 heteroatoms. The van der Waals surface area contributed by atoms with Crippen molar-refractivity contribution in [1.29, 1.82) is 0 Å². The lowest BCUT2D eigenvalue weighted by atomic mass is 9.81. The van der Waals surface area contributed by atoms with Crippen LogP contribution in [-0.4, -0.2) is 34.2 Å². The molecule has 0 unspecified atom stereocenters. The lowest BCUT2D eigenvalue weighted by molar-refractivity contribution is -0.142. The molecule has 1 N–H and O–H groups in total. The summed E-state index contributed by atoms with van der Waals surface area (Å²) >= 11 is 0. The van der Waals surface area contributed by atoms with Gasteiger partial charge in [0.15, 0.2) is 0 Å². The molecule has 4 atom stereocenters. The Balaban J connectivity index is 1.07. The second-order valence-corrected chi connectivity index (χ2v) is 10.3. The highest BCUT2D eigenvalue weighted by molar-refractivity contribution is 6.06. The third kappa shape index (κ3) is 3.30. The normalized spacial score (nSPS) is 32.6. The van der Waals surface area contributed by atoms with Crippen molar-refractivity contribution in [3.05, 3.63) is 48.2 Å². The maximum atomic E-state index is 13.0. The summed E-state index contributed by atoms with van der Waals surface area (Å²) in [4.78, 5) is 45.0. The lowest BCUT2D eigenvalue weighted by Crippen LogP contribution is -2.38. The van der Waals surface area contributed by atoms with Gasteiger partial charge in [-0.3, -0.25) is 24.3 Å². The first-order chi connectivity index (χ1) is 16.0. The van der Waals surface area contributed by atoms with Crippen molar-refractivity contribution in [1.82, 2.24) is 9.88 Å². The van der Waals surface area contributed by atoms with E-state index in [-0.39, 0.29) is 53.2 Å². The van der Waals surface area contributed by atoms with E-state index in [1.54, 1.807) is 11.1 Å². The van der Waals surface area contributed by atoms with Gasteiger partial charge in [0.2, 0.25) is 17.7 Å². The van der Waals surface area contributed by atoms with Crippen molar-refractivity contribution in [2.45, 2.75) is 39.0 Å². The number of hydrogen-bond acceptors (Lipinski definition) is 4. The number of imide groups is 1. The Kier molecular flexibility index (Phi) is 4.86. The van der Waals surface area contributed by atoms with Crippen molar-refractivity contribution < 1.29 is 14.4 Å². The van der Waals surface area contributed by atoms with Crippen LogP contribution in [0, 0.1) is 42.4 Å². The van der Waals surface area contributed by atoms with Gasteiger partial charge in [0, 0.05) is 24.0 Å². The quantitative estimate of drug-likeness (QED) is 0.570. The summed E-state index contributed by atoms with van der Waals surface area (Å²) in [6.07, 6.45) is 10.3. The predicted octanol–water partition coefficient (Wildman–Crippen LogP) is 4.10. The number of fused-ring (bicyclic) bond motifs is 6. The highest BCUT2D eigenvalue weighted by Gasteiger charge is 2.59. The smallest absolute Gasteiger partial charge is 0.233 e. The van der Waals surface area contributed by atoms with Crippen LogP contribution in [0.4, 0.5) is 5.69 Å². The van der Waals surface area contributed by atoms with Gasteiger partial charge in [0.25, 0.3) is 0 Å². The van der Waals surface area contributed by atoms with Crippen LogP contribution in [0.15, 0.2) is 42.6 Å². The van der Waals surface area contributed by atoms with Crippen molar-refractivity contribution >= 4 is 34.3 Å². The van der Waals surface area contributed by atoms with Gasteiger partial charge < -0.3 is 5.32 Å². The molecule has 3 fully saturated rings. The third-order valence-electron chi connectivity index (χ3n) is 8.47. The predicted molar refractivity (Wildman–Crippen MR) is 125 cm³/mol. The minimum Gasteiger partial charge on any atom is -0.324 e. The zero-order valence-electron chi connectivity index (χ0n) is 18.9. The summed E-state index contributed by atoms with van der Waals surface area (Å²) in [6, 6.07) is 7.85. The molecule has 0 spiro atoms. The van der Waals surface area contributed by atoms with Crippen LogP contribution < -0.4 is 5.32 Å². The van der Waals surface area contributed by atoms with E-state index < -0.39 is 0 Å². The number of para-hydroxylation sites is 1. The number of carbonyl (C=O) groups excluding carboxylic acids is 3. The van der Waals surface area contributed by atoms with E-state index in [2.05, 4.69) is 22.5 Å². The molecule has 2 heterocycles. The summed E-state index contributed by atoms with van der Waals surface area (Å²) < 4.78 is 0. The largest absolute Gasteiger partial charge is 0.324 e. The van der Waals surface area contributed by atoms with E-state index in [1.807, 2.05) is 31.2 Å². The Morgan fingerprint density at radius 1 is 1.03 bits per heavy atom. The molecule has 1 aliphatic heterocycles. The van der Waals surface area contributed by atoms with Gasteiger partial charge in [-0.05, 0) is 74.5 Å². The van der Waals surface area contributed by atoms with Crippen LogP contribution in [0.3, 0.4) is 0 Å². The van der Waals surface area contributed by atoms with Crippen LogP contribution >= 0.6 is 0 Å². The zero-order valence-corrected chi connectivity index (χ0v) is 18.9. The van der Waals surface area contributed by atoms with Crippen LogP contribution in [0.5, 0.6) is 0 Å². The molecule has 3 amide bonds. The molecule has 4 aliphatic rings. The number of aromatic nitrogens is 1. The van der Waals surface area contributed by atoms with Crippen LogP contribution in [0.25, 0.3) is 10.9 Å². The summed E-state index contributed by atoms with van der Waals surface area (Å²) in [7, 11) is 0. The summed E-state index contributed by atoms with van der Waals surface area (Å²) in [6.45, 7) is 2.56. The molecule has 2 bridgehead atoms. The number of pyridine rings is 1. The molecule has 0 radical (unpaired) electrons. The molecule has 1 saturated heterocycles. The fourth-order valence-corrected chi connectivity index (χ4v) is 6.66. The van der Waals surface area contributed by atoms with E-state index in [9.17, 15) is 14.4 Å². The Hall–Kier alpha value is -3.02. The van der Waals surface area contributed by atoms with Gasteiger partial charge in [-0.2, -0.15) is 0 Å². The van der Waals surface area contributed by atoms with Gasteiger partial charge in [0.1, 0.15) is 0 Å². The van der Waals surface area contributed by atoms with E-state index in [4.69, 9.17) is 0 Å². The van der Waals surface area contributed by atoms with Crippen LogP contribution in [0.1, 0.15) is 37.7 Å². The number of allylic oxidation sites excluding steroid dienone is 2. The van der Waals surface area contributed by atoms with Gasteiger partial charge in [-0.1, -0.05) is 24.3 Å². The fraction of sp³-hybridized carbons (Fsp3) is 0.481. The van der Waals surface area contributed by atoms with Crippen molar-refractivity contribution in [2.75, 3.05) is 11.9 Å². The topological polar surface area (TPSA) is 79.4 Å². The van der Waals surface area contributed by atoms with Gasteiger partial charge in [0.05, 0.1) is 23.0 Å². The molecule has 170 valence electrons. The highest BCUT2D eigenvalue weighted by atomic mass is 16.2. The molecular weight excluding hydrogens is 414 g/mol. The Morgan fingerprint density at radius 3 is 2.42 bits per heavy atom. The second kappa shape index (κ2) is 7.79. The standard InChI is InChI=1S/C27H29N3O3/c1-15-11-12-28-24-20(15)3-2-4-21(24)29-25(31)17-7-5-16(6-8-17)14-30-26(32)22-18-9-10-19(13-18)23(22)27(30)33/h2-4,9-12,16-19,22-23H,5-8,13-14H2,1H3,(H,29,31)/t16?,17?,18-,19+,22-,23+. The SMILES string of the molecule is Cc1ccnc2c(NC(=O)C3CCC(CN4C(=O)[C@@H]5[C@H](C4=O)[C@@H]4C=C[C@H]5C4)CC3)cccc12. The second-order valence-electron chi connectivity index (χ2n) is 10.3. The molecule has 1 aromatic carbocycles. The average molecular weight is 444 g/mol. The number of nitrogens with one attached hydrogen (secondary N) is 1. The zero-order chi connectivity index (χ0) is 22.7. The number of anilines is 1. The molecule has 6 nitrogen and oxygen atoms in total. The highest BCUT2D eigenvalue weighted by Crippen LogP contribution is 2.52. The minimum atomic E-state index is -0.118. The number of carbonyl (C=O) groups is 3. The number of amides is 3. The van der Waals surface area contributed by atoms with Crippen LogP contribution in [-0.2, 0) is 14.4 Å². The van der Waals surface area contributed by atoms with E-state index in [0.717, 1.165) is 54.3 Å². The Morgan fingerprint density at radius 2 is 1.73 bits per heavy atom. The molecule has 33 heavy (non-hydrogen) atoms. The number of nitrogens with zero attached hydrogens (tertiary/aromatic N) is 2. The number of hydrogen-bond donors (Lipinski definition) is 1. The molecule has 2 aromatic rings. The first-order valence-corrected chi connectivity index (χ1v) is 12.2. The Labute approximate surface area is 193 Å². The Bertz CT molecular complexity index is 1150. The number of aryl methyl sites for hydroxylation is 1. The molecule has 2 saturated carbocycles. The van der Waals surface area contributed by atoms with Gasteiger partial charge >= 0.3 is 0 Å². The van der Waals surface area contributed by atoms with E-state index >= 15 is 0 Å². The summed E-state index contributed by atoms with van der Waals surface area (Å²) in [5.41, 5.74) is 2.71. The van der Waals surface area contributed by atoms with E-state index in [0.29, 0.717) is 6.54 Å². The summed E-state index contributed by atoms with van der Waals surface area (Å²) in [5.74, 6) is 0.635. The number of rotatable bonds is 4. The van der Waals surface area contributed by atoms with Crippen molar-refractivity contribution in [3.8, 4) is 0 Å². The minimum absolute atomic E-state index is 0.0368. The molecule has 1 aromatic heterocycles. The maximum Gasteiger partial charge on any atom is 0.233 e. The third-order valence-corrected chi connectivity index (χ3v) is 8.47. The monoisotopic (exact) mass is 443 g/mol. The van der Waals surface area contributed by atoms with Crippen molar-refractivity contribution in [3.63, 3.8) is 0 Å². The van der Waals surface area contributed by atoms with Gasteiger partial charge in [-0.15, -0.1) is 0 Å². The average Bonchev–Trinajstić information content (AvgIpc) is 3.50. The maximum absolute atomic E-state index is 13.0. The van der Waals surface area contributed by atoms with Gasteiger partial charge in [-0.25, -0.2) is 0 Å². The fourth-order valence-electron chi connectivity index (χ4n) is 6.66. The number of likely N-dealkylation sites (tertiary alicyclic amines) is 1. The summed E-state index contributed by atoms with van der Waals surface area (Å²) in [5, 5.41) is 4.15. The molecule has 3 aliphatic carbocycles. The lowest BCUT2D eigenvalue weighted by Gasteiger charge is -2.30. The molecule has 6 rings (SSSR count).